The minimum atomic E-state index is -0.332. The topological polar surface area (TPSA) is 38.3 Å². The Labute approximate surface area is 100 Å². The molecule has 1 aromatic rings. The van der Waals surface area contributed by atoms with Crippen molar-refractivity contribution in [3.63, 3.8) is 0 Å². The zero-order valence-corrected chi connectivity index (χ0v) is 9.30. The van der Waals surface area contributed by atoms with E-state index in [9.17, 15) is 4.79 Å². The summed E-state index contributed by atoms with van der Waals surface area (Å²) in [5.74, 6) is -0.332. The molecule has 0 bridgehead atoms. The van der Waals surface area contributed by atoms with E-state index in [0.29, 0.717) is 5.57 Å². The number of hydrogen-bond donors (Lipinski definition) is 1. The van der Waals surface area contributed by atoms with Crippen molar-refractivity contribution >= 4 is 5.97 Å². The molecule has 17 heavy (non-hydrogen) atoms. The van der Waals surface area contributed by atoms with Crippen molar-refractivity contribution in [2.75, 3.05) is 0 Å². The molecule has 3 heteroatoms. The molecular formula is C14H13NO2. The molecule has 86 valence electrons. The van der Waals surface area contributed by atoms with Crippen LogP contribution >= 0.6 is 0 Å². The van der Waals surface area contributed by atoms with Gasteiger partial charge in [0.1, 0.15) is 6.61 Å². The third-order valence-corrected chi connectivity index (χ3v) is 2.27. The summed E-state index contributed by atoms with van der Waals surface area (Å²) in [6.07, 6.45) is 8.68. The van der Waals surface area contributed by atoms with Gasteiger partial charge in [-0.05, 0) is 17.7 Å². The highest BCUT2D eigenvalue weighted by atomic mass is 16.5. The van der Waals surface area contributed by atoms with Crippen LogP contribution in [0.3, 0.4) is 0 Å². The molecule has 0 aromatic heterocycles. The van der Waals surface area contributed by atoms with Crippen LogP contribution in [0.2, 0.25) is 0 Å². The Morgan fingerprint density at radius 2 is 2.00 bits per heavy atom. The van der Waals surface area contributed by atoms with Crippen molar-refractivity contribution in [2.45, 2.75) is 6.61 Å². The number of carbonyl (C=O) groups is 1. The number of ether oxygens (including phenoxy) is 1. The zero-order valence-electron chi connectivity index (χ0n) is 9.30. The van der Waals surface area contributed by atoms with Gasteiger partial charge >= 0.3 is 5.97 Å². The third-order valence-electron chi connectivity index (χ3n) is 2.27. The van der Waals surface area contributed by atoms with Crippen LogP contribution < -0.4 is 5.32 Å². The zero-order chi connectivity index (χ0) is 11.9. The van der Waals surface area contributed by atoms with E-state index in [4.69, 9.17) is 4.74 Å². The lowest BCUT2D eigenvalue weighted by Gasteiger charge is -2.05. The molecule has 1 N–H and O–H groups in total. The summed E-state index contributed by atoms with van der Waals surface area (Å²) >= 11 is 0. The average Bonchev–Trinajstić information content (AvgIpc) is 2.66. The molecule has 1 aromatic carbocycles. The quantitative estimate of drug-likeness (QED) is 0.805. The maximum atomic E-state index is 11.7. The van der Waals surface area contributed by atoms with Crippen molar-refractivity contribution in [3.05, 3.63) is 72.1 Å². The third kappa shape index (κ3) is 3.34. The van der Waals surface area contributed by atoms with Gasteiger partial charge < -0.3 is 10.1 Å². The van der Waals surface area contributed by atoms with Crippen LogP contribution in [0, 0.1) is 0 Å². The second-order valence-corrected chi connectivity index (χ2v) is 3.55. The number of rotatable bonds is 3. The van der Waals surface area contributed by atoms with Crippen molar-refractivity contribution < 1.29 is 9.53 Å². The van der Waals surface area contributed by atoms with Crippen molar-refractivity contribution in [3.8, 4) is 0 Å². The molecule has 1 aliphatic rings. The van der Waals surface area contributed by atoms with Gasteiger partial charge in [-0.3, -0.25) is 0 Å². The molecule has 1 heterocycles. The fourth-order valence-electron chi connectivity index (χ4n) is 1.39. The number of benzene rings is 1. The lowest BCUT2D eigenvalue weighted by atomic mass is 10.2. The van der Waals surface area contributed by atoms with E-state index in [0.717, 1.165) is 5.56 Å². The van der Waals surface area contributed by atoms with E-state index in [1.165, 1.54) is 0 Å². The Kier molecular flexibility index (Phi) is 3.76. The van der Waals surface area contributed by atoms with Crippen LogP contribution in [0.15, 0.2) is 66.5 Å². The minimum Gasteiger partial charge on any atom is -0.457 e. The van der Waals surface area contributed by atoms with Crippen LogP contribution in [0.4, 0.5) is 0 Å². The predicted octanol–water partition coefficient (Wildman–Crippen LogP) is 2.29. The second kappa shape index (κ2) is 5.70. The minimum absolute atomic E-state index is 0.290. The first kappa shape index (κ1) is 11.2. The first-order chi connectivity index (χ1) is 8.36. The van der Waals surface area contributed by atoms with Crippen molar-refractivity contribution in [1.29, 1.82) is 0 Å². The van der Waals surface area contributed by atoms with E-state index < -0.39 is 0 Å². The Hall–Kier alpha value is -2.29. The Morgan fingerprint density at radius 1 is 1.18 bits per heavy atom. The lowest BCUT2D eigenvalue weighted by molar-refractivity contribution is -0.139. The van der Waals surface area contributed by atoms with Gasteiger partial charge in [0, 0.05) is 12.4 Å². The summed E-state index contributed by atoms with van der Waals surface area (Å²) in [6.45, 7) is 0.290. The Balaban J connectivity index is 1.92. The molecule has 0 saturated heterocycles. The number of hydrogen-bond acceptors (Lipinski definition) is 3. The summed E-state index contributed by atoms with van der Waals surface area (Å²) in [4.78, 5) is 11.7. The standard InChI is InChI=1S/C14H13NO2/c16-14(13-8-4-5-9-15-10-13)17-11-12-6-2-1-3-7-12/h1-10,15H,11H2. The lowest BCUT2D eigenvalue weighted by Crippen LogP contribution is -2.08. The first-order valence-corrected chi connectivity index (χ1v) is 5.37. The Bertz CT molecular complexity index is 472. The largest absolute Gasteiger partial charge is 0.457 e. The maximum absolute atomic E-state index is 11.7. The molecule has 0 unspecified atom stereocenters. The highest BCUT2D eigenvalue weighted by Crippen LogP contribution is 2.06. The molecule has 0 atom stereocenters. The molecular weight excluding hydrogens is 214 g/mol. The fourth-order valence-corrected chi connectivity index (χ4v) is 1.39. The molecule has 0 aliphatic carbocycles. The van der Waals surface area contributed by atoms with Crippen molar-refractivity contribution in [1.82, 2.24) is 5.32 Å². The van der Waals surface area contributed by atoms with Gasteiger partial charge in [-0.15, -0.1) is 0 Å². The smallest absolute Gasteiger partial charge is 0.339 e. The summed E-state index contributed by atoms with van der Waals surface area (Å²) in [6, 6.07) is 9.60. The summed E-state index contributed by atoms with van der Waals surface area (Å²) in [5.41, 5.74) is 1.48. The average molecular weight is 227 g/mol. The van der Waals surface area contributed by atoms with Gasteiger partial charge in [0.2, 0.25) is 0 Å². The van der Waals surface area contributed by atoms with Gasteiger partial charge in [-0.1, -0.05) is 36.4 Å². The molecule has 0 amide bonds. The SMILES string of the molecule is O=C(OCc1ccccc1)C1=CNC=CC=C1. The van der Waals surface area contributed by atoms with Crippen LogP contribution in [-0.4, -0.2) is 5.97 Å². The van der Waals surface area contributed by atoms with E-state index in [1.807, 2.05) is 36.4 Å². The van der Waals surface area contributed by atoms with Gasteiger partial charge in [0.25, 0.3) is 0 Å². The molecule has 0 radical (unpaired) electrons. The normalized spacial score (nSPS) is 13.5. The number of allylic oxidation sites excluding steroid dienone is 2. The molecule has 3 nitrogen and oxygen atoms in total. The van der Waals surface area contributed by atoms with E-state index in [1.54, 1.807) is 24.6 Å². The highest BCUT2D eigenvalue weighted by Gasteiger charge is 2.08. The van der Waals surface area contributed by atoms with Gasteiger partial charge in [-0.2, -0.15) is 0 Å². The van der Waals surface area contributed by atoms with Crippen molar-refractivity contribution in [2.24, 2.45) is 0 Å². The van der Waals surface area contributed by atoms with E-state index >= 15 is 0 Å². The van der Waals surface area contributed by atoms with Crippen LogP contribution in [-0.2, 0) is 16.1 Å². The monoisotopic (exact) mass is 227 g/mol. The summed E-state index contributed by atoms with van der Waals surface area (Å²) < 4.78 is 5.20. The molecule has 2 rings (SSSR count). The number of esters is 1. The molecule has 1 aliphatic heterocycles. The number of carbonyl (C=O) groups excluding carboxylic acids is 1. The van der Waals surface area contributed by atoms with E-state index in [2.05, 4.69) is 5.32 Å². The maximum Gasteiger partial charge on any atom is 0.339 e. The summed E-state index contributed by atoms with van der Waals surface area (Å²) in [5, 5.41) is 2.87. The second-order valence-electron chi connectivity index (χ2n) is 3.55. The van der Waals surface area contributed by atoms with Gasteiger partial charge in [0.15, 0.2) is 0 Å². The highest BCUT2D eigenvalue weighted by molar-refractivity contribution is 5.91. The predicted molar refractivity (Wildman–Crippen MR) is 65.7 cm³/mol. The van der Waals surface area contributed by atoms with E-state index in [-0.39, 0.29) is 12.6 Å². The van der Waals surface area contributed by atoms with Crippen LogP contribution in [0.25, 0.3) is 0 Å². The summed E-state index contributed by atoms with van der Waals surface area (Å²) in [7, 11) is 0. The molecule has 0 fully saturated rings. The number of nitrogens with one attached hydrogen (secondary N) is 1. The molecule has 0 spiro atoms. The van der Waals surface area contributed by atoms with Crippen LogP contribution in [0.1, 0.15) is 5.56 Å². The fraction of sp³-hybridized carbons (Fsp3) is 0.0714. The molecule has 0 saturated carbocycles. The van der Waals surface area contributed by atoms with Gasteiger partial charge in [-0.25, -0.2) is 4.79 Å². The first-order valence-electron chi connectivity index (χ1n) is 5.37. The Morgan fingerprint density at radius 3 is 2.82 bits per heavy atom. The van der Waals surface area contributed by atoms with Gasteiger partial charge in [0.05, 0.1) is 5.57 Å². The van der Waals surface area contributed by atoms with Crippen LogP contribution in [0.5, 0.6) is 0 Å².